The van der Waals surface area contributed by atoms with Gasteiger partial charge in [0, 0.05) is 34.7 Å². The standard InChI is InChI=1S/3C4H6O6.2Cr/c3*5-1(3(7)8)2(6)4(9)10;;/h3*1-2,5-6H,(H,7,8)(H,9,10);;. The van der Waals surface area contributed by atoms with Gasteiger partial charge in [0.1, 0.15) is 0 Å². The minimum absolute atomic E-state index is 0. The van der Waals surface area contributed by atoms with Crippen LogP contribution in [0.15, 0.2) is 0 Å². The molecule has 0 radical (unpaired) electrons. The molecule has 0 saturated carbocycles. The zero-order valence-electron chi connectivity index (χ0n) is 15.1. The van der Waals surface area contributed by atoms with Crippen molar-refractivity contribution in [1.29, 1.82) is 0 Å². The smallest absolute Gasteiger partial charge is 0.335 e. The van der Waals surface area contributed by atoms with Crippen LogP contribution in [0.1, 0.15) is 0 Å². The zero-order valence-corrected chi connectivity index (χ0v) is 17.6. The molecule has 0 aliphatic heterocycles. The van der Waals surface area contributed by atoms with Gasteiger partial charge in [-0.05, 0) is 0 Å². The number of rotatable bonds is 9. The molecule has 18 nitrogen and oxygen atoms in total. The van der Waals surface area contributed by atoms with Crippen LogP contribution in [0.2, 0.25) is 0 Å². The number of carboxylic acids is 6. The normalized spacial score (nSPS) is 14.8. The summed E-state index contributed by atoms with van der Waals surface area (Å²) in [6.45, 7) is 0. The van der Waals surface area contributed by atoms with E-state index in [0.717, 1.165) is 0 Å². The van der Waals surface area contributed by atoms with E-state index in [0.29, 0.717) is 0 Å². The van der Waals surface area contributed by atoms with Gasteiger partial charge in [-0.3, -0.25) is 0 Å². The Bertz CT molecular complexity index is 498. The Morgan fingerprint density at radius 3 is 0.406 bits per heavy atom. The van der Waals surface area contributed by atoms with Crippen molar-refractivity contribution < 1.29 is 125 Å². The topological polar surface area (TPSA) is 345 Å². The van der Waals surface area contributed by atoms with Gasteiger partial charge < -0.3 is 61.3 Å². The number of hydrogen-bond donors (Lipinski definition) is 12. The molecule has 0 saturated heterocycles. The summed E-state index contributed by atoms with van der Waals surface area (Å²) < 4.78 is 0. The fraction of sp³-hybridized carbons (Fsp3) is 0.500. The van der Waals surface area contributed by atoms with E-state index in [4.69, 9.17) is 61.3 Å². The molecule has 0 aromatic rings. The largest absolute Gasteiger partial charge is 0.479 e. The Hall–Kier alpha value is -2.36. The van der Waals surface area contributed by atoms with Crippen molar-refractivity contribution in [3.05, 3.63) is 0 Å². The van der Waals surface area contributed by atoms with Crippen LogP contribution in [0.25, 0.3) is 0 Å². The van der Waals surface area contributed by atoms with Crippen LogP contribution < -0.4 is 0 Å². The molecule has 0 aliphatic rings. The first-order valence-corrected chi connectivity index (χ1v) is 6.85. The molecule has 0 amide bonds. The molecule has 0 bridgehead atoms. The minimum Gasteiger partial charge on any atom is -0.479 e. The fourth-order valence-corrected chi connectivity index (χ4v) is 0.810. The van der Waals surface area contributed by atoms with Crippen LogP contribution >= 0.6 is 0 Å². The SMILES string of the molecule is O=C(O)C(O)C(O)C(=O)O.O=C(O)C(O)C(O)C(=O)O.O=C(O)C(O)C(O)C(=O)O.[Cr].[Cr]. The summed E-state index contributed by atoms with van der Waals surface area (Å²) in [6, 6.07) is 0. The molecule has 0 fully saturated rings. The summed E-state index contributed by atoms with van der Waals surface area (Å²) in [7, 11) is 0. The molecular formula is C12H18Cr2O18. The number of hydrogen-bond acceptors (Lipinski definition) is 12. The molecule has 0 aliphatic carbocycles. The molecule has 0 rings (SSSR count). The number of carboxylic acid groups (broad SMARTS) is 6. The zero-order chi connectivity index (χ0) is 24.9. The molecule has 0 heterocycles. The first kappa shape index (κ1) is 40.0. The Balaban J connectivity index is -0.000000110. The second-order valence-electron chi connectivity index (χ2n) is 4.70. The second kappa shape index (κ2) is 19.3. The van der Waals surface area contributed by atoms with Crippen LogP contribution in [0, 0.1) is 0 Å². The Morgan fingerprint density at radius 2 is 0.375 bits per heavy atom. The van der Waals surface area contributed by atoms with Crippen molar-refractivity contribution in [3.8, 4) is 0 Å². The van der Waals surface area contributed by atoms with Gasteiger partial charge in [-0.15, -0.1) is 0 Å². The molecule has 20 heteroatoms. The van der Waals surface area contributed by atoms with E-state index in [9.17, 15) is 28.8 Å². The van der Waals surface area contributed by atoms with Crippen LogP contribution in [-0.4, -0.2) is 134 Å². The third-order valence-corrected chi connectivity index (χ3v) is 2.42. The maximum atomic E-state index is 9.77. The Labute approximate surface area is 197 Å². The van der Waals surface area contributed by atoms with Gasteiger partial charge in [-0.25, -0.2) is 28.8 Å². The predicted molar refractivity (Wildman–Crippen MR) is 81.9 cm³/mol. The first-order valence-electron chi connectivity index (χ1n) is 6.85. The van der Waals surface area contributed by atoms with Crippen LogP contribution in [0.4, 0.5) is 0 Å². The molecule has 0 aromatic carbocycles. The molecule has 6 atom stereocenters. The fourth-order valence-electron chi connectivity index (χ4n) is 0.810. The summed E-state index contributed by atoms with van der Waals surface area (Å²) in [5.41, 5.74) is 0. The molecule has 0 spiro atoms. The Kier molecular flexibility index (Phi) is 24.2. The number of aliphatic hydroxyl groups is 6. The van der Waals surface area contributed by atoms with Crippen molar-refractivity contribution in [3.63, 3.8) is 0 Å². The number of carbonyl (C=O) groups is 6. The van der Waals surface area contributed by atoms with Crippen molar-refractivity contribution >= 4 is 35.8 Å². The Morgan fingerprint density at radius 1 is 0.312 bits per heavy atom. The third-order valence-electron chi connectivity index (χ3n) is 2.42. The maximum Gasteiger partial charge on any atom is 0.335 e. The minimum atomic E-state index is -2.27. The van der Waals surface area contributed by atoms with Gasteiger partial charge in [0.05, 0.1) is 0 Å². The maximum absolute atomic E-state index is 9.77. The number of aliphatic hydroxyl groups excluding tert-OH is 6. The second-order valence-corrected chi connectivity index (χ2v) is 4.70. The van der Waals surface area contributed by atoms with E-state index in [2.05, 4.69) is 0 Å². The van der Waals surface area contributed by atoms with E-state index in [1.165, 1.54) is 0 Å². The van der Waals surface area contributed by atoms with Gasteiger partial charge in [-0.1, -0.05) is 0 Å². The summed E-state index contributed by atoms with van der Waals surface area (Å²) in [4.78, 5) is 58.6. The van der Waals surface area contributed by atoms with Crippen LogP contribution in [0.5, 0.6) is 0 Å². The van der Waals surface area contributed by atoms with Crippen molar-refractivity contribution in [2.75, 3.05) is 0 Å². The van der Waals surface area contributed by atoms with E-state index >= 15 is 0 Å². The monoisotopic (exact) mass is 554 g/mol. The van der Waals surface area contributed by atoms with Crippen LogP contribution in [0.3, 0.4) is 0 Å². The third kappa shape index (κ3) is 17.3. The average Bonchev–Trinajstić information content (AvgIpc) is 2.64. The van der Waals surface area contributed by atoms with Crippen molar-refractivity contribution in [1.82, 2.24) is 0 Å². The van der Waals surface area contributed by atoms with Crippen molar-refractivity contribution in [2.45, 2.75) is 36.6 Å². The summed E-state index contributed by atoms with van der Waals surface area (Å²) in [5.74, 6) is -10.6. The van der Waals surface area contributed by atoms with E-state index in [1.54, 1.807) is 0 Å². The summed E-state index contributed by atoms with van der Waals surface area (Å²) >= 11 is 0. The van der Waals surface area contributed by atoms with Gasteiger partial charge >= 0.3 is 35.8 Å². The molecule has 186 valence electrons. The molecular weight excluding hydrogens is 536 g/mol. The average molecular weight is 554 g/mol. The van der Waals surface area contributed by atoms with E-state index < -0.39 is 72.4 Å². The van der Waals surface area contributed by atoms with E-state index in [1.807, 2.05) is 0 Å². The first-order chi connectivity index (χ1) is 13.4. The summed E-state index contributed by atoms with van der Waals surface area (Å²) in [5, 5.41) is 97.6. The quantitative estimate of drug-likeness (QED) is 0.126. The summed E-state index contributed by atoms with van der Waals surface area (Å²) in [6.07, 6.45) is -13.6. The number of aliphatic carboxylic acids is 6. The van der Waals surface area contributed by atoms with Gasteiger partial charge in [0.2, 0.25) is 0 Å². The van der Waals surface area contributed by atoms with E-state index in [-0.39, 0.29) is 34.7 Å². The van der Waals surface area contributed by atoms with Gasteiger partial charge in [0.25, 0.3) is 0 Å². The molecule has 6 unspecified atom stereocenters. The molecule has 32 heavy (non-hydrogen) atoms. The molecule has 12 N–H and O–H groups in total. The van der Waals surface area contributed by atoms with Gasteiger partial charge in [-0.2, -0.15) is 0 Å². The van der Waals surface area contributed by atoms with Crippen LogP contribution in [-0.2, 0) is 63.5 Å². The van der Waals surface area contributed by atoms with Crippen molar-refractivity contribution in [2.24, 2.45) is 0 Å². The molecule has 0 aromatic heterocycles. The van der Waals surface area contributed by atoms with Gasteiger partial charge in [0.15, 0.2) is 36.6 Å². The predicted octanol–water partition coefficient (Wildman–Crippen LogP) is -6.37.